The summed E-state index contributed by atoms with van der Waals surface area (Å²) in [6, 6.07) is 7.65. The van der Waals surface area contributed by atoms with Crippen LogP contribution in [0.4, 0.5) is 4.39 Å². The molecule has 6 rings (SSSR count). The topological polar surface area (TPSA) is 101 Å². The van der Waals surface area contributed by atoms with Crippen LogP contribution in [0.3, 0.4) is 0 Å². The van der Waals surface area contributed by atoms with E-state index in [0.29, 0.717) is 28.0 Å². The molecule has 0 saturated carbocycles. The fraction of sp³-hybridized carbons (Fsp3) is 0.0870. The number of fused-ring (bicyclic) bond motifs is 2. The molecule has 0 atom stereocenters. The second-order valence-corrected chi connectivity index (χ2v) is 7.65. The molecule has 5 heterocycles. The monoisotopic (exact) mass is 424 g/mol. The lowest BCUT2D eigenvalue weighted by molar-refractivity contribution is 0.638. The molecule has 8 nitrogen and oxygen atoms in total. The van der Waals surface area contributed by atoms with Gasteiger partial charge in [0.05, 0.1) is 40.3 Å². The van der Waals surface area contributed by atoms with E-state index in [4.69, 9.17) is 4.98 Å². The Kier molecular flexibility index (Phi) is 3.91. The first-order valence-corrected chi connectivity index (χ1v) is 10.0. The van der Waals surface area contributed by atoms with Gasteiger partial charge in [-0.05, 0) is 37.6 Å². The molecule has 0 fully saturated rings. The van der Waals surface area contributed by atoms with Crippen molar-refractivity contribution in [3.8, 4) is 28.5 Å². The van der Waals surface area contributed by atoms with E-state index in [-0.39, 0.29) is 5.69 Å². The first-order valence-electron chi connectivity index (χ1n) is 10.0. The van der Waals surface area contributed by atoms with Crippen LogP contribution in [0, 0.1) is 19.7 Å². The summed E-state index contributed by atoms with van der Waals surface area (Å²) in [6.45, 7) is 3.83. The maximum Gasteiger partial charge on any atom is 0.161 e. The highest BCUT2D eigenvalue weighted by Gasteiger charge is 2.21. The van der Waals surface area contributed by atoms with Gasteiger partial charge in [0.2, 0.25) is 0 Å². The molecule has 0 unspecified atom stereocenters. The van der Waals surface area contributed by atoms with Crippen molar-refractivity contribution in [2.45, 2.75) is 13.8 Å². The maximum absolute atomic E-state index is 15.7. The smallest absolute Gasteiger partial charge is 0.161 e. The Labute approximate surface area is 181 Å². The van der Waals surface area contributed by atoms with Crippen LogP contribution in [0.2, 0.25) is 0 Å². The Morgan fingerprint density at radius 1 is 1.00 bits per heavy atom. The Balaban J connectivity index is 1.56. The molecule has 0 bridgehead atoms. The summed E-state index contributed by atoms with van der Waals surface area (Å²) in [5, 5.41) is 7.55. The van der Waals surface area contributed by atoms with Crippen LogP contribution in [-0.4, -0.2) is 39.7 Å². The molecule has 0 aliphatic carbocycles. The van der Waals surface area contributed by atoms with Crippen LogP contribution in [0.25, 0.3) is 50.4 Å². The van der Waals surface area contributed by atoms with Crippen LogP contribution in [0.15, 0.2) is 55.4 Å². The number of aromatic nitrogens is 8. The number of H-pyrrole nitrogens is 2. The second-order valence-electron chi connectivity index (χ2n) is 7.65. The van der Waals surface area contributed by atoms with Crippen LogP contribution in [0.5, 0.6) is 0 Å². The van der Waals surface area contributed by atoms with Gasteiger partial charge in [0.1, 0.15) is 16.9 Å². The summed E-state index contributed by atoms with van der Waals surface area (Å²) < 4.78 is 17.6. The van der Waals surface area contributed by atoms with Crippen molar-refractivity contribution in [1.82, 2.24) is 39.7 Å². The molecule has 0 radical (unpaired) electrons. The molecular formula is C23H17FN8. The fourth-order valence-corrected chi connectivity index (χ4v) is 3.94. The van der Waals surface area contributed by atoms with Gasteiger partial charge in [-0.15, -0.1) is 0 Å². The number of pyridine rings is 2. The zero-order valence-corrected chi connectivity index (χ0v) is 17.3. The number of hydrogen-bond acceptors (Lipinski definition) is 5. The zero-order valence-electron chi connectivity index (χ0n) is 17.3. The number of benzene rings is 1. The quantitative estimate of drug-likeness (QED) is 0.435. The van der Waals surface area contributed by atoms with Gasteiger partial charge in [0.25, 0.3) is 0 Å². The number of nitrogens with one attached hydrogen (secondary N) is 2. The molecule has 32 heavy (non-hydrogen) atoms. The van der Waals surface area contributed by atoms with E-state index in [0.717, 1.165) is 28.0 Å². The second kappa shape index (κ2) is 6.81. The molecule has 0 aliphatic rings. The van der Waals surface area contributed by atoms with Crippen LogP contribution in [-0.2, 0) is 0 Å². The van der Waals surface area contributed by atoms with Crippen molar-refractivity contribution < 1.29 is 4.39 Å². The number of hydrogen-bond donors (Lipinski definition) is 2. The zero-order chi connectivity index (χ0) is 21.8. The van der Waals surface area contributed by atoms with Gasteiger partial charge >= 0.3 is 0 Å². The average Bonchev–Trinajstić information content (AvgIpc) is 3.52. The molecule has 5 aromatic heterocycles. The molecule has 0 saturated heterocycles. The van der Waals surface area contributed by atoms with E-state index in [9.17, 15) is 0 Å². The summed E-state index contributed by atoms with van der Waals surface area (Å²) in [5.74, 6) is 0.00256. The van der Waals surface area contributed by atoms with Gasteiger partial charge in [0.15, 0.2) is 11.6 Å². The van der Waals surface area contributed by atoms with Crippen molar-refractivity contribution in [3.63, 3.8) is 0 Å². The van der Waals surface area contributed by atoms with Gasteiger partial charge in [-0.25, -0.2) is 14.4 Å². The summed E-state index contributed by atoms with van der Waals surface area (Å²) in [4.78, 5) is 20.8. The molecule has 1 aromatic carbocycles. The van der Waals surface area contributed by atoms with Crippen molar-refractivity contribution in [2.75, 3.05) is 0 Å². The molecule has 6 aromatic rings. The fourth-order valence-electron chi connectivity index (χ4n) is 3.94. The van der Waals surface area contributed by atoms with E-state index in [2.05, 4.69) is 30.1 Å². The van der Waals surface area contributed by atoms with Crippen molar-refractivity contribution >= 4 is 21.9 Å². The third-order valence-electron chi connectivity index (χ3n) is 5.54. The normalized spacial score (nSPS) is 11.6. The summed E-state index contributed by atoms with van der Waals surface area (Å²) in [7, 11) is 0. The third kappa shape index (κ3) is 2.71. The summed E-state index contributed by atoms with van der Waals surface area (Å²) in [5.41, 5.74) is 5.99. The Hall–Kier alpha value is -4.40. The summed E-state index contributed by atoms with van der Waals surface area (Å²) >= 11 is 0. The first kappa shape index (κ1) is 18.4. The SMILES string of the molecule is Cc1cn(-c2cccc3[nH]c(-c4n[nH]c5cnc(-c6cnccc6C)c(F)c45)nc23)cn1. The minimum Gasteiger partial charge on any atom is -0.336 e. The van der Waals surface area contributed by atoms with Gasteiger partial charge in [-0.2, -0.15) is 5.10 Å². The highest BCUT2D eigenvalue weighted by atomic mass is 19.1. The van der Waals surface area contributed by atoms with E-state index < -0.39 is 5.82 Å². The lowest BCUT2D eigenvalue weighted by Gasteiger charge is -2.06. The Morgan fingerprint density at radius 3 is 2.72 bits per heavy atom. The van der Waals surface area contributed by atoms with E-state index in [1.807, 2.05) is 48.9 Å². The largest absolute Gasteiger partial charge is 0.336 e. The van der Waals surface area contributed by atoms with Gasteiger partial charge in [0, 0.05) is 24.2 Å². The van der Waals surface area contributed by atoms with Crippen LogP contribution >= 0.6 is 0 Å². The molecule has 2 N–H and O–H groups in total. The lowest BCUT2D eigenvalue weighted by Crippen LogP contribution is -1.94. The highest BCUT2D eigenvalue weighted by Crippen LogP contribution is 2.33. The van der Waals surface area contributed by atoms with Crippen LogP contribution < -0.4 is 0 Å². The first-order chi connectivity index (χ1) is 15.6. The highest BCUT2D eigenvalue weighted by molar-refractivity contribution is 5.96. The number of nitrogens with zero attached hydrogens (tertiary/aromatic N) is 6. The molecule has 0 aliphatic heterocycles. The molecule has 156 valence electrons. The number of para-hydroxylation sites is 1. The Morgan fingerprint density at radius 2 is 1.91 bits per heavy atom. The van der Waals surface area contributed by atoms with Crippen molar-refractivity contribution in [1.29, 1.82) is 0 Å². The number of halogens is 1. The molecule has 0 spiro atoms. The molecule has 9 heteroatoms. The number of aryl methyl sites for hydroxylation is 2. The molecule has 0 amide bonds. The maximum atomic E-state index is 15.7. The summed E-state index contributed by atoms with van der Waals surface area (Å²) in [6.07, 6.45) is 8.55. The van der Waals surface area contributed by atoms with E-state index in [1.54, 1.807) is 24.9 Å². The number of imidazole rings is 2. The molecular weight excluding hydrogens is 407 g/mol. The van der Waals surface area contributed by atoms with Gasteiger partial charge in [-0.3, -0.25) is 15.1 Å². The predicted octanol–water partition coefficient (Wildman–Crippen LogP) is 4.50. The minimum absolute atomic E-state index is 0.233. The van der Waals surface area contributed by atoms with Crippen molar-refractivity contribution in [2.24, 2.45) is 0 Å². The van der Waals surface area contributed by atoms with Gasteiger partial charge in [-0.1, -0.05) is 6.07 Å². The standard InChI is InChI=1S/C23H17FN8/c1-12-6-7-25-8-14(12)20-19(24)18-16(9-26-20)30-31-22(18)23-28-15-4-3-5-17(21(15)29-23)32-10-13(2)27-11-32/h3-11H,1-2H3,(H,28,29)(H,30,31). The van der Waals surface area contributed by atoms with E-state index >= 15 is 4.39 Å². The predicted molar refractivity (Wildman–Crippen MR) is 119 cm³/mol. The number of aromatic amines is 2. The lowest BCUT2D eigenvalue weighted by atomic mass is 10.1. The average molecular weight is 424 g/mol. The minimum atomic E-state index is -0.465. The van der Waals surface area contributed by atoms with Gasteiger partial charge < -0.3 is 9.55 Å². The van der Waals surface area contributed by atoms with Crippen molar-refractivity contribution in [3.05, 3.63) is 72.5 Å². The third-order valence-corrected chi connectivity index (χ3v) is 5.54. The van der Waals surface area contributed by atoms with Crippen LogP contribution in [0.1, 0.15) is 11.3 Å². The van der Waals surface area contributed by atoms with E-state index in [1.165, 1.54) is 0 Å². The Bertz CT molecular complexity index is 1620. The number of rotatable bonds is 3.